The summed E-state index contributed by atoms with van der Waals surface area (Å²) < 4.78 is 0. The van der Waals surface area contributed by atoms with E-state index in [1.54, 1.807) is 0 Å². The molecule has 1 N–H and O–H groups in total. The maximum atomic E-state index is 13.1. The third kappa shape index (κ3) is 3.86. The molecule has 4 rings (SSSR count). The minimum absolute atomic E-state index is 0.0118. The van der Waals surface area contributed by atoms with Crippen molar-refractivity contribution < 1.29 is 4.79 Å². The van der Waals surface area contributed by atoms with E-state index < -0.39 is 0 Å². The van der Waals surface area contributed by atoms with Gasteiger partial charge in [-0.25, -0.2) is 5.43 Å². The van der Waals surface area contributed by atoms with Crippen molar-refractivity contribution in [2.45, 2.75) is 31.6 Å². The van der Waals surface area contributed by atoms with E-state index in [1.165, 1.54) is 11.1 Å². The Bertz CT molecular complexity index is 941. The van der Waals surface area contributed by atoms with Gasteiger partial charge < -0.3 is 0 Å². The lowest BCUT2D eigenvalue weighted by Gasteiger charge is -2.18. The van der Waals surface area contributed by atoms with Crippen LogP contribution >= 0.6 is 0 Å². The zero-order valence-electron chi connectivity index (χ0n) is 16.7. The molecular formula is C26H26N2O. The van der Waals surface area contributed by atoms with Gasteiger partial charge in [0, 0.05) is 5.41 Å². The number of benzene rings is 3. The fraction of sp³-hybridized carbons (Fsp3) is 0.231. The van der Waals surface area contributed by atoms with Gasteiger partial charge in [0.2, 0.25) is 5.91 Å². The molecule has 0 aromatic heterocycles. The van der Waals surface area contributed by atoms with Gasteiger partial charge in [-0.1, -0.05) is 104 Å². The van der Waals surface area contributed by atoms with E-state index in [0.29, 0.717) is 0 Å². The summed E-state index contributed by atoms with van der Waals surface area (Å²) in [6.45, 7) is 2.12. The average molecular weight is 383 g/mol. The van der Waals surface area contributed by atoms with Crippen molar-refractivity contribution >= 4 is 11.6 Å². The molecule has 0 bridgehead atoms. The summed E-state index contributed by atoms with van der Waals surface area (Å²) in [6, 6.07) is 30.7. The summed E-state index contributed by atoms with van der Waals surface area (Å²) in [5.41, 5.74) is 6.96. The standard InChI is InChI=1S/C26H26N2O/c1-2-12-24(20-13-6-3-7-14-20)27-28-25(29)23-19-26(23,21-15-8-4-9-16-21)22-17-10-5-11-18-22/h3-11,13-18,23H,2,12,19H2,1H3,(H,28,29)/t23-/m1/s1. The predicted molar refractivity (Wildman–Crippen MR) is 118 cm³/mol. The Morgan fingerprint density at radius 2 is 1.41 bits per heavy atom. The van der Waals surface area contributed by atoms with Crippen molar-refractivity contribution in [3.8, 4) is 0 Å². The molecule has 146 valence electrons. The van der Waals surface area contributed by atoms with Gasteiger partial charge in [0.1, 0.15) is 0 Å². The van der Waals surface area contributed by atoms with E-state index in [1.807, 2.05) is 66.7 Å². The van der Waals surface area contributed by atoms with E-state index in [0.717, 1.165) is 30.5 Å². The number of carbonyl (C=O) groups excluding carboxylic acids is 1. The molecule has 1 fully saturated rings. The lowest BCUT2D eigenvalue weighted by atomic mass is 9.85. The molecule has 1 aliphatic rings. The number of hydrogen-bond acceptors (Lipinski definition) is 2. The number of hydrogen-bond donors (Lipinski definition) is 1. The Morgan fingerprint density at radius 1 is 0.897 bits per heavy atom. The van der Waals surface area contributed by atoms with Crippen molar-refractivity contribution in [1.29, 1.82) is 0 Å². The maximum Gasteiger partial charge on any atom is 0.244 e. The van der Waals surface area contributed by atoms with E-state index in [-0.39, 0.29) is 17.2 Å². The van der Waals surface area contributed by atoms with Gasteiger partial charge in [-0.15, -0.1) is 0 Å². The first-order valence-electron chi connectivity index (χ1n) is 10.3. The van der Waals surface area contributed by atoms with E-state index in [9.17, 15) is 4.79 Å². The normalized spacial score (nSPS) is 17.6. The van der Waals surface area contributed by atoms with Crippen LogP contribution in [0.1, 0.15) is 42.9 Å². The van der Waals surface area contributed by atoms with E-state index in [4.69, 9.17) is 0 Å². The smallest absolute Gasteiger partial charge is 0.244 e. The van der Waals surface area contributed by atoms with Gasteiger partial charge in [0.15, 0.2) is 0 Å². The number of nitrogens with zero attached hydrogens (tertiary/aromatic N) is 1. The van der Waals surface area contributed by atoms with Gasteiger partial charge in [0.25, 0.3) is 0 Å². The van der Waals surface area contributed by atoms with Crippen molar-refractivity contribution in [3.63, 3.8) is 0 Å². The molecule has 0 unspecified atom stereocenters. The minimum atomic E-state index is -0.264. The Kier molecular flexibility index (Phi) is 5.57. The lowest BCUT2D eigenvalue weighted by molar-refractivity contribution is -0.122. The second-order valence-corrected chi connectivity index (χ2v) is 7.61. The number of hydrazone groups is 1. The molecule has 0 radical (unpaired) electrons. The Hall–Kier alpha value is -3.20. The molecular weight excluding hydrogens is 356 g/mol. The molecule has 1 aliphatic carbocycles. The first kappa shape index (κ1) is 19.1. The second kappa shape index (κ2) is 8.44. The highest BCUT2D eigenvalue weighted by Gasteiger charge is 2.60. The summed E-state index contributed by atoms with van der Waals surface area (Å²) in [5, 5.41) is 4.51. The van der Waals surface area contributed by atoms with Gasteiger partial charge in [-0.2, -0.15) is 5.10 Å². The van der Waals surface area contributed by atoms with Gasteiger partial charge in [-0.3, -0.25) is 4.79 Å². The summed E-state index contributed by atoms with van der Waals surface area (Å²) in [7, 11) is 0. The molecule has 0 heterocycles. The molecule has 29 heavy (non-hydrogen) atoms. The first-order chi connectivity index (χ1) is 14.3. The lowest BCUT2D eigenvalue weighted by Crippen LogP contribution is -2.26. The third-order valence-electron chi connectivity index (χ3n) is 5.75. The highest BCUT2D eigenvalue weighted by atomic mass is 16.2. The Morgan fingerprint density at radius 3 is 1.93 bits per heavy atom. The Labute approximate surface area is 172 Å². The maximum absolute atomic E-state index is 13.1. The minimum Gasteiger partial charge on any atom is -0.273 e. The van der Waals surface area contributed by atoms with Crippen LogP contribution in [-0.2, 0) is 10.2 Å². The molecule has 1 saturated carbocycles. The zero-order chi connectivity index (χ0) is 20.1. The van der Waals surface area contributed by atoms with E-state index >= 15 is 0 Å². The van der Waals surface area contributed by atoms with Crippen molar-refractivity contribution in [2.75, 3.05) is 0 Å². The molecule has 0 aliphatic heterocycles. The van der Waals surface area contributed by atoms with Gasteiger partial charge >= 0.3 is 0 Å². The summed E-state index contributed by atoms with van der Waals surface area (Å²) >= 11 is 0. The molecule has 3 aromatic carbocycles. The predicted octanol–water partition coefficient (Wildman–Crippen LogP) is 5.31. The summed E-state index contributed by atoms with van der Waals surface area (Å²) in [6.07, 6.45) is 2.61. The van der Waals surface area contributed by atoms with Gasteiger partial charge in [-0.05, 0) is 29.5 Å². The van der Waals surface area contributed by atoms with Crippen LogP contribution in [0.15, 0.2) is 96.1 Å². The molecule has 3 aromatic rings. The van der Waals surface area contributed by atoms with Crippen LogP contribution in [0.25, 0.3) is 0 Å². The fourth-order valence-corrected chi connectivity index (χ4v) is 4.19. The highest BCUT2D eigenvalue weighted by molar-refractivity contribution is 6.01. The summed E-state index contributed by atoms with van der Waals surface area (Å²) in [5.74, 6) is -0.128. The van der Waals surface area contributed by atoms with Gasteiger partial charge in [0.05, 0.1) is 11.6 Å². The van der Waals surface area contributed by atoms with Crippen molar-refractivity contribution in [1.82, 2.24) is 5.43 Å². The monoisotopic (exact) mass is 382 g/mol. The topological polar surface area (TPSA) is 41.5 Å². The molecule has 3 heteroatoms. The van der Waals surface area contributed by atoms with Crippen LogP contribution in [0.4, 0.5) is 0 Å². The average Bonchev–Trinajstić information content (AvgIpc) is 3.55. The molecule has 1 atom stereocenters. The largest absolute Gasteiger partial charge is 0.273 e. The Balaban J connectivity index is 1.59. The summed E-state index contributed by atoms with van der Waals surface area (Å²) in [4.78, 5) is 13.1. The van der Waals surface area contributed by atoms with Crippen LogP contribution in [0.3, 0.4) is 0 Å². The number of carbonyl (C=O) groups is 1. The molecule has 0 spiro atoms. The third-order valence-corrected chi connectivity index (χ3v) is 5.75. The van der Waals surface area contributed by atoms with E-state index in [2.05, 4.69) is 41.7 Å². The van der Waals surface area contributed by atoms with Crippen LogP contribution in [0, 0.1) is 5.92 Å². The molecule has 1 amide bonds. The zero-order valence-corrected chi connectivity index (χ0v) is 16.7. The highest BCUT2D eigenvalue weighted by Crippen LogP contribution is 2.58. The van der Waals surface area contributed by atoms with Crippen molar-refractivity contribution in [3.05, 3.63) is 108 Å². The second-order valence-electron chi connectivity index (χ2n) is 7.61. The van der Waals surface area contributed by atoms with Crippen LogP contribution in [-0.4, -0.2) is 11.6 Å². The van der Waals surface area contributed by atoms with Crippen LogP contribution in [0.2, 0.25) is 0 Å². The molecule has 3 nitrogen and oxygen atoms in total. The first-order valence-corrected chi connectivity index (χ1v) is 10.3. The number of rotatable bonds is 7. The SMILES string of the molecule is CCCC(=NNC(=O)[C@H]1CC1(c1ccccc1)c1ccccc1)c1ccccc1. The number of nitrogens with one attached hydrogen (secondary N) is 1. The van der Waals surface area contributed by atoms with Crippen LogP contribution < -0.4 is 5.43 Å². The van der Waals surface area contributed by atoms with Crippen molar-refractivity contribution in [2.24, 2.45) is 11.0 Å². The molecule has 0 saturated heterocycles. The fourth-order valence-electron chi connectivity index (χ4n) is 4.19. The number of amides is 1. The quantitative estimate of drug-likeness (QED) is 0.436. The van der Waals surface area contributed by atoms with Crippen LogP contribution in [0.5, 0.6) is 0 Å².